The van der Waals surface area contributed by atoms with Gasteiger partial charge in [-0.2, -0.15) is 0 Å². The minimum atomic E-state index is -0.533. The molecule has 0 atom stereocenters. The molecule has 1 heterocycles. The van der Waals surface area contributed by atoms with E-state index in [0.717, 1.165) is 12.3 Å². The molecule has 1 rings (SSSR count). The van der Waals surface area contributed by atoms with Crippen molar-refractivity contribution in [3.05, 3.63) is 34.4 Å². The standard InChI is InChI=1S/C11H13NO5/c1-3-16-10(14)6-12(2)11(15)8-4-5-9(13)17-7-8/h4-5,7H,3,6H2,1-2H3. The summed E-state index contributed by atoms with van der Waals surface area (Å²) in [6.07, 6.45) is 1.06. The Morgan fingerprint density at radius 2 is 2.12 bits per heavy atom. The van der Waals surface area contributed by atoms with Gasteiger partial charge in [-0.1, -0.05) is 0 Å². The summed E-state index contributed by atoms with van der Waals surface area (Å²) in [4.78, 5) is 34.8. The van der Waals surface area contributed by atoms with Crippen LogP contribution in [0.25, 0.3) is 0 Å². The second kappa shape index (κ2) is 5.83. The van der Waals surface area contributed by atoms with E-state index < -0.39 is 17.5 Å². The van der Waals surface area contributed by atoms with Crippen LogP contribution in [0.15, 0.2) is 27.6 Å². The van der Waals surface area contributed by atoms with Crippen LogP contribution in [-0.4, -0.2) is 37.0 Å². The van der Waals surface area contributed by atoms with Gasteiger partial charge >= 0.3 is 11.6 Å². The predicted molar refractivity (Wildman–Crippen MR) is 58.6 cm³/mol. The Bertz CT molecular complexity index is 445. The van der Waals surface area contributed by atoms with E-state index in [4.69, 9.17) is 4.74 Å². The zero-order valence-corrected chi connectivity index (χ0v) is 9.63. The maximum Gasteiger partial charge on any atom is 0.335 e. The summed E-state index contributed by atoms with van der Waals surface area (Å²) in [6.45, 7) is 1.80. The fourth-order valence-electron chi connectivity index (χ4n) is 1.17. The van der Waals surface area contributed by atoms with E-state index in [1.54, 1.807) is 6.92 Å². The fourth-order valence-corrected chi connectivity index (χ4v) is 1.17. The Hall–Kier alpha value is -2.11. The van der Waals surface area contributed by atoms with Crippen LogP contribution in [0.3, 0.4) is 0 Å². The van der Waals surface area contributed by atoms with Crippen LogP contribution in [0.1, 0.15) is 17.3 Å². The molecule has 0 aliphatic rings. The Morgan fingerprint density at radius 1 is 1.41 bits per heavy atom. The molecule has 0 saturated heterocycles. The SMILES string of the molecule is CCOC(=O)CN(C)C(=O)c1ccc(=O)oc1. The normalized spacial score (nSPS) is 9.76. The molecule has 1 amide bonds. The van der Waals surface area contributed by atoms with Crippen molar-refractivity contribution in [2.45, 2.75) is 6.92 Å². The van der Waals surface area contributed by atoms with E-state index in [9.17, 15) is 14.4 Å². The predicted octanol–water partition coefficient (Wildman–Crippen LogP) is 0.275. The van der Waals surface area contributed by atoms with E-state index >= 15 is 0 Å². The lowest BCUT2D eigenvalue weighted by Crippen LogP contribution is -2.33. The van der Waals surface area contributed by atoms with E-state index in [0.29, 0.717) is 0 Å². The summed E-state index contributed by atoms with van der Waals surface area (Å²) < 4.78 is 9.27. The largest absolute Gasteiger partial charge is 0.465 e. The average molecular weight is 239 g/mol. The van der Waals surface area contributed by atoms with E-state index in [2.05, 4.69) is 4.42 Å². The van der Waals surface area contributed by atoms with Gasteiger partial charge in [0, 0.05) is 13.1 Å². The lowest BCUT2D eigenvalue weighted by molar-refractivity contribution is -0.143. The van der Waals surface area contributed by atoms with Gasteiger partial charge in [0.15, 0.2) is 0 Å². The van der Waals surface area contributed by atoms with Gasteiger partial charge in [-0.15, -0.1) is 0 Å². The third-order valence-electron chi connectivity index (χ3n) is 1.97. The third kappa shape index (κ3) is 3.75. The minimum absolute atomic E-state index is 0.147. The number of amides is 1. The quantitative estimate of drug-likeness (QED) is 0.705. The molecule has 6 nitrogen and oxygen atoms in total. The maximum atomic E-state index is 11.8. The van der Waals surface area contributed by atoms with Crippen molar-refractivity contribution in [3.8, 4) is 0 Å². The first kappa shape index (κ1) is 13.0. The van der Waals surface area contributed by atoms with Gasteiger partial charge in [-0.05, 0) is 13.0 Å². The number of ether oxygens (including phenoxy) is 1. The molecule has 0 aliphatic heterocycles. The van der Waals surface area contributed by atoms with Gasteiger partial charge in [0.05, 0.1) is 12.2 Å². The van der Waals surface area contributed by atoms with Gasteiger partial charge < -0.3 is 14.1 Å². The lowest BCUT2D eigenvalue weighted by atomic mass is 10.2. The van der Waals surface area contributed by atoms with Crippen molar-refractivity contribution >= 4 is 11.9 Å². The summed E-state index contributed by atoms with van der Waals surface area (Å²) >= 11 is 0. The summed E-state index contributed by atoms with van der Waals surface area (Å²) in [7, 11) is 1.46. The third-order valence-corrected chi connectivity index (χ3v) is 1.97. The summed E-state index contributed by atoms with van der Waals surface area (Å²) in [5.41, 5.74) is -0.328. The molecule has 0 spiro atoms. The first-order chi connectivity index (χ1) is 8.04. The number of likely N-dealkylation sites (N-methyl/N-ethyl adjacent to an activating group) is 1. The van der Waals surface area contributed by atoms with Crippen LogP contribution >= 0.6 is 0 Å². The molecule has 17 heavy (non-hydrogen) atoms. The van der Waals surface area contributed by atoms with Crippen molar-refractivity contribution in [1.29, 1.82) is 0 Å². The number of nitrogens with zero attached hydrogens (tertiary/aromatic N) is 1. The van der Waals surface area contributed by atoms with Crippen LogP contribution in [-0.2, 0) is 9.53 Å². The van der Waals surface area contributed by atoms with Crippen LogP contribution < -0.4 is 5.63 Å². The molecule has 0 bridgehead atoms. The van der Waals surface area contributed by atoms with Crippen molar-refractivity contribution in [2.75, 3.05) is 20.2 Å². The molecule has 1 aromatic rings. The highest BCUT2D eigenvalue weighted by Crippen LogP contribution is 2.01. The summed E-state index contributed by atoms with van der Waals surface area (Å²) in [6, 6.07) is 2.49. The van der Waals surface area contributed by atoms with Crippen LogP contribution in [0, 0.1) is 0 Å². The fraction of sp³-hybridized carbons (Fsp3) is 0.364. The number of hydrogen-bond donors (Lipinski definition) is 0. The van der Waals surface area contributed by atoms with Crippen LogP contribution in [0.4, 0.5) is 0 Å². The molecule has 92 valence electrons. The molecule has 0 radical (unpaired) electrons. The molecule has 0 aliphatic carbocycles. The zero-order chi connectivity index (χ0) is 12.8. The molecule has 0 fully saturated rings. The van der Waals surface area contributed by atoms with Crippen LogP contribution in [0.5, 0.6) is 0 Å². The van der Waals surface area contributed by atoms with E-state index in [1.165, 1.54) is 18.0 Å². The van der Waals surface area contributed by atoms with Crippen molar-refractivity contribution < 1.29 is 18.7 Å². The van der Waals surface area contributed by atoms with Gasteiger partial charge in [0.2, 0.25) is 0 Å². The Morgan fingerprint density at radius 3 is 2.65 bits per heavy atom. The van der Waals surface area contributed by atoms with Gasteiger partial charge in [-0.3, -0.25) is 9.59 Å². The van der Waals surface area contributed by atoms with Crippen molar-refractivity contribution in [3.63, 3.8) is 0 Å². The highest BCUT2D eigenvalue weighted by molar-refractivity contribution is 5.95. The first-order valence-electron chi connectivity index (χ1n) is 5.04. The van der Waals surface area contributed by atoms with Gasteiger partial charge in [-0.25, -0.2) is 4.79 Å². The molecule has 1 aromatic heterocycles. The molecular weight excluding hydrogens is 226 g/mol. The summed E-state index contributed by atoms with van der Waals surface area (Å²) in [5.74, 6) is -0.900. The Kier molecular flexibility index (Phi) is 4.45. The second-order valence-electron chi connectivity index (χ2n) is 3.31. The van der Waals surface area contributed by atoms with E-state index in [-0.39, 0.29) is 18.7 Å². The lowest BCUT2D eigenvalue weighted by Gasteiger charge is -2.15. The average Bonchev–Trinajstić information content (AvgIpc) is 2.29. The highest BCUT2D eigenvalue weighted by atomic mass is 16.5. The maximum absolute atomic E-state index is 11.8. The topological polar surface area (TPSA) is 76.8 Å². The molecule has 0 unspecified atom stereocenters. The molecule has 0 saturated carbocycles. The smallest absolute Gasteiger partial charge is 0.335 e. The highest BCUT2D eigenvalue weighted by Gasteiger charge is 2.15. The number of hydrogen-bond acceptors (Lipinski definition) is 5. The zero-order valence-electron chi connectivity index (χ0n) is 9.63. The monoisotopic (exact) mass is 239 g/mol. The van der Waals surface area contributed by atoms with Crippen molar-refractivity contribution in [2.24, 2.45) is 0 Å². The Balaban J connectivity index is 2.66. The number of carbonyl (C=O) groups excluding carboxylic acids is 2. The molecule has 0 aromatic carbocycles. The second-order valence-corrected chi connectivity index (χ2v) is 3.31. The van der Waals surface area contributed by atoms with Crippen LogP contribution in [0.2, 0.25) is 0 Å². The van der Waals surface area contributed by atoms with Gasteiger partial charge in [0.25, 0.3) is 5.91 Å². The molecular formula is C11H13NO5. The first-order valence-corrected chi connectivity index (χ1v) is 5.04. The Labute approximate surface area is 97.8 Å². The van der Waals surface area contributed by atoms with Gasteiger partial charge in [0.1, 0.15) is 12.8 Å². The van der Waals surface area contributed by atoms with E-state index in [1.807, 2.05) is 0 Å². The number of esters is 1. The molecule has 0 N–H and O–H groups in total. The summed E-state index contributed by atoms with van der Waals surface area (Å²) in [5, 5.41) is 0. The minimum Gasteiger partial charge on any atom is -0.465 e. The van der Waals surface area contributed by atoms with Crippen molar-refractivity contribution in [1.82, 2.24) is 4.90 Å². The number of carbonyl (C=O) groups is 2. The number of rotatable bonds is 4. The molecule has 6 heteroatoms.